The van der Waals surface area contributed by atoms with Gasteiger partial charge in [0.2, 0.25) is 0 Å². The Balaban J connectivity index is 1.55. The Morgan fingerprint density at radius 1 is 1.14 bits per heavy atom. The van der Waals surface area contributed by atoms with Gasteiger partial charge in [-0.1, -0.05) is 44.9 Å². The lowest BCUT2D eigenvalue weighted by Crippen LogP contribution is -2.48. The number of allylic oxidation sites excluding steroid dienone is 1. The van der Waals surface area contributed by atoms with Crippen LogP contribution in [-0.2, 0) is 6.54 Å². The fourth-order valence-electron chi connectivity index (χ4n) is 5.18. The van der Waals surface area contributed by atoms with Gasteiger partial charge in [-0.05, 0) is 61.2 Å². The standard InChI is InChI=1S/C30H38N4O3/c1-5-7-13-24(31-6-2)29-33-25-19-22(15-16-26(25)34(29)23-11-9-8-10-12-23)30(35)32-20-21-14-17-27(36-3)28(18-21)37-4/h6-7,13-19,23,29,33H,2,5,8-12,20H2,1,3-4H3,(H,32,35)/b13-7-,31-24?. The summed E-state index contributed by atoms with van der Waals surface area (Å²) < 4.78 is 10.7. The fourth-order valence-corrected chi connectivity index (χ4v) is 5.18. The predicted octanol–water partition coefficient (Wildman–Crippen LogP) is 6.08. The van der Waals surface area contributed by atoms with Crippen molar-refractivity contribution in [3.05, 3.63) is 72.5 Å². The van der Waals surface area contributed by atoms with Crippen LogP contribution >= 0.6 is 0 Å². The van der Waals surface area contributed by atoms with E-state index in [1.54, 1.807) is 20.4 Å². The molecule has 0 radical (unpaired) electrons. The molecule has 1 aliphatic carbocycles. The van der Waals surface area contributed by atoms with Crippen molar-refractivity contribution < 1.29 is 14.3 Å². The van der Waals surface area contributed by atoms with Crippen LogP contribution in [0.1, 0.15) is 61.4 Å². The first-order chi connectivity index (χ1) is 18.1. The first kappa shape index (κ1) is 26.3. The molecule has 1 atom stereocenters. The number of fused-ring (bicyclic) bond motifs is 1. The van der Waals surface area contributed by atoms with Gasteiger partial charge in [-0.2, -0.15) is 0 Å². The molecule has 0 bridgehead atoms. The number of carbonyl (C=O) groups is 1. The molecular weight excluding hydrogens is 464 g/mol. The molecule has 1 amide bonds. The second-order valence-corrected chi connectivity index (χ2v) is 9.40. The van der Waals surface area contributed by atoms with E-state index in [0.717, 1.165) is 41.9 Å². The normalized spacial score (nSPS) is 17.9. The van der Waals surface area contributed by atoms with Gasteiger partial charge in [-0.15, -0.1) is 0 Å². The minimum absolute atomic E-state index is 0.0935. The zero-order valence-electron chi connectivity index (χ0n) is 22.1. The molecule has 0 saturated heterocycles. The number of aliphatic imine (C=N–C) groups is 1. The Bertz CT molecular complexity index is 1170. The average molecular weight is 503 g/mol. The Labute approximate surface area is 220 Å². The summed E-state index contributed by atoms with van der Waals surface area (Å²) in [5, 5.41) is 6.69. The molecule has 1 fully saturated rings. The Hall–Kier alpha value is -3.74. The zero-order chi connectivity index (χ0) is 26.2. The number of ether oxygens (including phenoxy) is 2. The molecule has 4 rings (SSSR count). The van der Waals surface area contributed by atoms with Gasteiger partial charge in [0.1, 0.15) is 6.17 Å². The number of rotatable bonds is 10. The van der Waals surface area contributed by atoms with Crippen molar-refractivity contribution in [1.82, 2.24) is 5.32 Å². The smallest absolute Gasteiger partial charge is 0.251 e. The quantitative estimate of drug-likeness (QED) is 0.386. The van der Waals surface area contributed by atoms with Gasteiger partial charge in [0.05, 0.1) is 31.3 Å². The maximum Gasteiger partial charge on any atom is 0.251 e. The van der Waals surface area contributed by atoms with Crippen molar-refractivity contribution in [3.63, 3.8) is 0 Å². The first-order valence-electron chi connectivity index (χ1n) is 13.1. The number of hydrogen-bond acceptors (Lipinski definition) is 6. The third kappa shape index (κ3) is 5.98. The molecule has 2 aromatic rings. The van der Waals surface area contributed by atoms with Crippen LogP contribution in [0.2, 0.25) is 0 Å². The summed E-state index contributed by atoms with van der Waals surface area (Å²) in [6.07, 6.45) is 12.7. The van der Waals surface area contributed by atoms with Crippen LogP contribution in [0.25, 0.3) is 0 Å². The third-order valence-electron chi connectivity index (χ3n) is 7.02. The third-order valence-corrected chi connectivity index (χ3v) is 7.02. The number of nitrogens with one attached hydrogen (secondary N) is 2. The number of amides is 1. The van der Waals surface area contributed by atoms with E-state index in [1.165, 1.54) is 19.3 Å². The van der Waals surface area contributed by atoms with E-state index >= 15 is 0 Å². The van der Waals surface area contributed by atoms with E-state index in [4.69, 9.17) is 9.47 Å². The molecule has 0 aromatic heterocycles. The maximum atomic E-state index is 13.1. The maximum absolute atomic E-state index is 13.1. The largest absolute Gasteiger partial charge is 0.493 e. The second-order valence-electron chi connectivity index (χ2n) is 9.40. The van der Waals surface area contributed by atoms with Gasteiger partial charge in [0, 0.05) is 24.4 Å². The van der Waals surface area contributed by atoms with E-state index in [0.29, 0.717) is 29.6 Å². The lowest BCUT2D eigenvalue weighted by molar-refractivity contribution is 0.0951. The van der Waals surface area contributed by atoms with Gasteiger partial charge in [0.25, 0.3) is 5.91 Å². The van der Waals surface area contributed by atoms with E-state index in [9.17, 15) is 4.79 Å². The molecule has 1 heterocycles. The van der Waals surface area contributed by atoms with E-state index in [2.05, 4.69) is 52.2 Å². The van der Waals surface area contributed by atoms with Crippen molar-refractivity contribution >= 4 is 23.0 Å². The van der Waals surface area contributed by atoms with E-state index < -0.39 is 0 Å². The molecule has 7 heteroatoms. The SMILES string of the molecule is C=CN=C(/C=C\CC)C1Nc2cc(C(=O)NCc3ccc(OC)c(OC)c3)ccc2N1C1CCCCC1. The lowest BCUT2D eigenvalue weighted by atomic mass is 9.93. The molecule has 7 nitrogen and oxygen atoms in total. The van der Waals surface area contributed by atoms with Crippen molar-refractivity contribution in [1.29, 1.82) is 0 Å². The first-order valence-corrected chi connectivity index (χ1v) is 13.1. The van der Waals surface area contributed by atoms with Gasteiger partial charge < -0.3 is 25.0 Å². The summed E-state index contributed by atoms with van der Waals surface area (Å²) in [6.45, 7) is 6.34. The molecule has 2 N–H and O–H groups in total. The number of anilines is 2. The summed E-state index contributed by atoms with van der Waals surface area (Å²) in [5.41, 5.74) is 4.55. The Kier molecular flexibility index (Phi) is 8.88. The average Bonchev–Trinajstić information content (AvgIpc) is 3.32. The van der Waals surface area contributed by atoms with Crippen LogP contribution in [0.4, 0.5) is 11.4 Å². The summed E-state index contributed by atoms with van der Waals surface area (Å²) in [4.78, 5) is 20.2. The van der Waals surface area contributed by atoms with Crippen LogP contribution in [0.5, 0.6) is 11.5 Å². The predicted molar refractivity (Wildman–Crippen MR) is 151 cm³/mol. The number of methoxy groups -OCH3 is 2. The Morgan fingerprint density at radius 3 is 2.62 bits per heavy atom. The molecule has 0 spiro atoms. The van der Waals surface area contributed by atoms with Crippen LogP contribution < -0.4 is 25.0 Å². The number of carbonyl (C=O) groups excluding carboxylic acids is 1. The Morgan fingerprint density at radius 2 is 1.92 bits per heavy atom. The molecule has 196 valence electrons. The molecule has 1 saturated carbocycles. The molecule has 2 aromatic carbocycles. The lowest BCUT2D eigenvalue weighted by Gasteiger charge is -2.37. The number of hydrogen-bond donors (Lipinski definition) is 2. The van der Waals surface area contributed by atoms with E-state index in [-0.39, 0.29) is 12.1 Å². The monoisotopic (exact) mass is 502 g/mol. The summed E-state index contributed by atoms with van der Waals surface area (Å²) >= 11 is 0. The summed E-state index contributed by atoms with van der Waals surface area (Å²) in [6, 6.07) is 12.0. The van der Waals surface area contributed by atoms with Gasteiger partial charge in [-0.3, -0.25) is 9.79 Å². The molecular formula is C30H38N4O3. The van der Waals surface area contributed by atoms with Gasteiger partial charge >= 0.3 is 0 Å². The van der Waals surface area contributed by atoms with Crippen molar-refractivity contribution in [2.75, 3.05) is 24.4 Å². The highest BCUT2D eigenvalue weighted by atomic mass is 16.5. The highest BCUT2D eigenvalue weighted by Gasteiger charge is 2.37. The molecule has 37 heavy (non-hydrogen) atoms. The number of benzene rings is 2. The van der Waals surface area contributed by atoms with Crippen LogP contribution in [-0.4, -0.2) is 38.0 Å². The van der Waals surface area contributed by atoms with Crippen molar-refractivity contribution in [2.45, 2.75) is 64.2 Å². The van der Waals surface area contributed by atoms with Crippen molar-refractivity contribution in [3.8, 4) is 11.5 Å². The summed E-state index contributed by atoms with van der Waals surface area (Å²) in [7, 11) is 3.21. The number of nitrogens with zero attached hydrogens (tertiary/aromatic N) is 2. The highest BCUT2D eigenvalue weighted by molar-refractivity contribution is 6.06. The molecule has 1 unspecified atom stereocenters. The van der Waals surface area contributed by atoms with Crippen LogP contribution in [0, 0.1) is 0 Å². The second kappa shape index (κ2) is 12.5. The van der Waals surface area contributed by atoms with Crippen molar-refractivity contribution in [2.24, 2.45) is 4.99 Å². The molecule has 2 aliphatic rings. The van der Waals surface area contributed by atoms with Gasteiger partial charge in [0.15, 0.2) is 11.5 Å². The molecule has 1 aliphatic heterocycles. The summed E-state index contributed by atoms with van der Waals surface area (Å²) in [5.74, 6) is 1.17. The topological polar surface area (TPSA) is 75.2 Å². The van der Waals surface area contributed by atoms with Crippen LogP contribution in [0.3, 0.4) is 0 Å². The van der Waals surface area contributed by atoms with Gasteiger partial charge in [-0.25, -0.2) is 0 Å². The minimum atomic E-state index is -0.127. The van der Waals surface area contributed by atoms with Crippen LogP contribution in [0.15, 0.2) is 66.3 Å². The fraction of sp³-hybridized carbons (Fsp3) is 0.400. The minimum Gasteiger partial charge on any atom is -0.493 e. The zero-order valence-corrected chi connectivity index (χ0v) is 22.1. The highest BCUT2D eigenvalue weighted by Crippen LogP contribution is 2.40. The van der Waals surface area contributed by atoms with E-state index in [1.807, 2.05) is 30.3 Å².